The Labute approximate surface area is 254 Å². The van der Waals surface area contributed by atoms with E-state index in [0.717, 1.165) is 35.6 Å². The maximum Gasteiger partial charge on any atom is 0.267 e. The molecule has 2 fully saturated rings. The first-order valence-electron chi connectivity index (χ1n) is 13.3. The van der Waals surface area contributed by atoms with E-state index in [4.69, 9.17) is 0 Å². The Hall–Kier alpha value is -3.63. The number of rotatable bonds is 8. The molecule has 16 heteroatoms. The largest absolute Gasteiger partial charge is 0.351 e. The lowest BCUT2D eigenvalue weighted by Gasteiger charge is -2.53. The number of alkyl halides is 1. The minimum atomic E-state index is -4.88. The fourth-order valence-electron chi connectivity index (χ4n) is 5.61. The second kappa shape index (κ2) is 10.5. The monoisotopic (exact) mass is 667 g/mol. The summed E-state index contributed by atoms with van der Waals surface area (Å²) in [6.45, 7) is 2.56. The fourth-order valence-corrected chi connectivity index (χ4v) is 10.1. The van der Waals surface area contributed by atoms with Crippen molar-refractivity contribution >= 4 is 42.8 Å². The highest BCUT2D eigenvalue weighted by atomic mass is 32.2. The molecule has 1 saturated carbocycles. The predicted octanol–water partition coefficient (Wildman–Crippen LogP) is 5.68. The molecule has 2 aromatic heterocycles. The highest BCUT2D eigenvalue weighted by Crippen LogP contribution is 2.50. The van der Waals surface area contributed by atoms with E-state index in [1.54, 1.807) is 0 Å². The molecule has 44 heavy (non-hydrogen) atoms. The number of thiazole rings is 1. The molecule has 1 aliphatic heterocycles. The average molecular weight is 668 g/mol. The van der Waals surface area contributed by atoms with Gasteiger partial charge < -0.3 is 5.32 Å². The van der Waals surface area contributed by atoms with E-state index in [2.05, 4.69) is 20.3 Å². The third-order valence-corrected chi connectivity index (χ3v) is 12.4. The van der Waals surface area contributed by atoms with Crippen LogP contribution in [-0.4, -0.2) is 49.3 Å². The molecule has 2 aromatic carbocycles. The Bertz CT molecular complexity index is 1970. The van der Waals surface area contributed by atoms with Crippen molar-refractivity contribution in [2.24, 2.45) is 5.41 Å². The maximum absolute atomic E-state index is 15.9. The van der Waals surface area contributed by atoms with E-state index in [-0.39, 0.29) is 55.7 Å². The van der Waals surface area contributed by atoms with Crippen LogP contribution >= 0.6 is 11.3 Å². The van der Waals surface area contributed by atoms with E-state index in [1.807, 2.05) is 4.72 Å². The van der Waals surface area contributed by atoms with Crippen LogP contribution in [0, 0.1) is 22.9 Å². The summed E-state index contributed by atoms with van der Waals surface area (Å²) < 4.78 is 110. The molecule has 1 aliphatic carbocycles. The van der Waals surface area contributed by atoms with Crippen LogP contribution in [0.4, 0.5) is 29.2 Å². The van der Waals surface area contributed by atoms with Gasteiger partial charge in [-0.1, -0.05) is 12.1 Å². The predicted molar refractivity (Wildman–Crippen MR) is 158 cm³/mol. The van der Waals surface area contributed by atoms with Gasteiger partial charge >= 0.3 is 0 Å². The first-order valence-corrected chi connectivity index (χ1v) is 17.4. The minimum absolute atomic E-state index is 0.00144. The Kier molecular flexibility index (Phi) is 7.24. The van der Waals surface area contributed by atoms with Crippen LogP contribution in [0.1, 0.15) is 31.7 Å². The van der Waals surface area contributed by atoms with Gasteiger partial charge in [0.2, 0.25) is 5.95 Å². The van der Waals surface area contributed by atoms with Crippen LogP contribution < -0.4 is 10.0 Å². The first kappa shape index (κ1) is 30.4. The molecule has 0 atom stereocenters. The summed E-state index contributed by atoms with van der Waals surface area (Å²) in [7, 11) is -7.85. The minimum Gasteiger partial charge on any atom is -0.351 e. The Morgan fingerprint density at radius 2 is 1.66 bits per heavy atom. The van der Waals surface area contributed by atoms with Crippen LogP contribution in [0.5, 0.6) is 0 Å². The highest BCUT2D eigenvalue weighted by molar-refractivity contribution is 7.93. The number of nitrogens with zero attached hydrogens (tertiary/aromatic N) is 3. The lowest BCUT2D eigenvalue weighted by molar-refractivity contribution is 0.153. The van der Waals surface area contributed by atoms with Crippen molar-refractivity contribution in [3.63, 3.8) is 0 Å². The first-order chi connectivity index (χ1) is 20.6. The van der Waals surface area contributed by atoms with Gasteiger partial charge in [0.25, 0.3) is 10.0 Å². The van der Waals surface area contributed by atoms with Crippen LogP contribution in [-0.2, 0) is 25.5 Å². The molecular formula is C28H25F4N5O4S3. The number of anilines is 2. The highest BCUT2D eigenvalue weighted by Gasteiger charge is 2.56. The fraction of sp³-hybridized carbons (Fsp3) is 0.321. The number of halogens is 4. The van der Waals surface area contributed by atoms with Gasteiger partial charge in [0, 0.05) is 23.2 Å². The standard InChI is InChI=1S/C28H25F4N5O4S3/c1-27(2,32)25-36-22(16-5-3-8-19(21(16)31)37-44(40,41)24-17(29)6-4-7-18(24)30)23(42-25)20-9-10-33-26(35-20)34-15-11-28(12-15)13-43(38,39)14-28/h3-10,15,37H,11-14H2,1-2H3,(H,33,34,35). The number of hydrogen-bond acceptors (Lipinski definition) is 9. The Balaban J connectivity index is 1.34. The molecule has 1 saturated heterocycles. The van der Waals surface area contributed by atoms with Crippen molar-refractivity contribution in [2.75, 3.05) is 21.5 Å². The number of nitrogens with one attached hydrogen (secondary N) is 2. The molecule has 0 amide bonds. The van der Waals surface area contributed by atoms with E-state index in [1.165, 1.54) is 38.2 Å². The molecule has 0 bridgehead atoms. The smallest absolute Gasteiger partial charge is 0.267 e. The molecule has 0 unspecified atom stereocenters. The molecule has 9 nitrogen and oxygen atoms in total. The van der Waals surface area contributed by atoms with E-state index in [0.29, 0.717) is 12.8 Å². The van der Waals surface area contributed by atoms with Crippen LogP contribution in [0.2, 0.25) is 0 Å². The summed E-state index contributed by atoms with van der Waals surface area (Å²) in [6.07, 6.45) is 2.76. The van der Waals surface area contributed by atoms with Crippen molar-refractivity contribution in [1.29, 1.82) is 0 Å². The lowest BCUT2D eigenvalue weighted by atomic mass is 9.67. The Morgan fingerprint density at radius 3 is 2.30 bits per heavy atom. The van der Waals surface area contributed by atoms with Gasteiger partial charge in [-0.05, 0) is 57.0 Å². The number of benzene rings is 2. The van der Waals surface area contributed by atoms with Gasteiger partial charge in [-0.2, -0.15) is 0 Å². The quantitative estimate of drug-likeness (QED) is 0.230. The molecule has 0 radical (unpaired) electrons. The van der Waals surface area contributed by atoms with Crippen molar-refractivity contribution in [1.82, 2.24) is 15.0 Å². The van der Waals surface area contributed by atoms with Crippen LogP contribution in [0.3, 0.4) is 0 Å². The molecule has 232 valence electrons. The average Bonchev–Trinajstić information content (AvgIpc) is 3.34. The zero-order valence-corrected chi connectivity index (χ0v) is 25.7. The van der Waals surface area contributed by atoms with Gasteiger partial charge in [0.1, 0.15) is 16.6 Å². The van der Waals surface area contributed by atoms with Gasteiger partial charge in [-0.15, -0.1) is 11.3 Å². The molecule has 1 spiro atoms. The number of aromatic nitrogens is 3. The second-order valence-electron chi connectivity index (χ2n) is 11.5. The summed E-state index contributed by atoms with van der Waals surface area (Å²) in [5.41, 5.74) is -2.69. The van der Waals surface area contributed by atoms with Crippen molar-refractivity contribution in [3.8, 4) is 21.8 Å². The van der Waals surface area contributed by atoms with Gasteiger partial charge in [-0.25, -0.2) is 49.3 Å². The van der Waals surface area contributed by atoms with Gasteiger partial charge in [-0.3, -0.25) is 4.72 Å². The summed E-state index contributed by atoms with van der Waals surface area (Å²) in [5, 5.41) is 3.19. The third-order valence-electron chi connectivity index (χ3n) is 7.45. The number of sulfonamides is 1. The van der Waals surface area contributed by atoms with E-state index >= 15 is 8.78 Å². The molecule has 4 aromatic rings. The molecule has 2 N–H and O–H groups in total. The van der Waals surface area contributed by atoms with Crippen molar-refractivity contribution < 1.29 is 34.4 Å². The topological polar surface area (TPSA) is 131 Å². The zero-order valence-electron chi connectivity index (χ0n) is 23.2. The van der Waals surface area contributed by atoms with Gasteiger partial charge in [0.15, 0.2) is 26.2 Å². The normalized spacial score (nSPS) is 17.6. The summed E-state index contributed by atoms with van der Waals surface area (Å²) in [6, 6.07) is 7.72. The molecular weight excluding hydrogens is 643 g/mol. The molecule has 6 rings (SSSR count). The molecule has 2 aliphatic rings. The maximum atomic E-state index is 15.9. The lowest BCUT2D eigenvalue weighted by Crippen LogP contribution is -2.60. The molecule has 3 heterocycles. The van der Waals surface area contributed by atoms with Crippen molar-refractivity contribution in [2.45, 2.75) is 43.3 Å². The van der Waals surface area contributed by atoms with Gasteiger partial charge in [0.05, 0.1) is 33.5 Å². The third kappa shape index (κ3) is 5.65. The van der Waals surface area contributed by atoms with E-state index < -0.39 is 53.6 Å². The van der Waals surface area contributed by atoms with E-state index in [9.17, 15) is 25.6 Å². The Morgan fingerprint density at radius 1 is 1.00 bits per heavy atom. The SMILES string of the molecule is CC(C)(F)c1nc(-c2cccc(NS(=O)(=O)c3c(F)cccc3F)c2F)c(-c2ccnc(NC3CC4(C3)CS(=O)(=O)C4)n2)s1. The number of hydrogen-bond donors (Lipinski definition) is 2. The second-order valence-corrected chi connectivity index (χ2v) is 16.2. The summed E-state index contributed by atoms with van der Waals surface area (Å²) in [5.74, 6) is -3.24. The summed E-state index contributed by atoms with van der Waals surface area (Å²) >= 11 is 0.927. The zero-order chi connectivity index (χ0) is 31.7. The summed E-state index contributed by atoms with van der Waals surface area (Å²) in [4.78, 5) is 12.1. The van der Waals surface area contributed by atoms with Crippen LogP contribution in [0.15, 0.2) is 53.6 Å². The number of sulfone groups is 1. The van der Waals surface area contributed by atoms with Crippen molar-refractivity contribution in [3.05, 3.63) is 71.1 Å². The van der Waals surface area contributed by atoms with Crippen LogP contribution in [0.25, 0.3) is 21.8 Å².